The van der Waals surface area contributed by atoms with Crippen LogP contribution in [0.1, 0.15) is 219 Å². The normalized spacial score (nSPS) is 10.3. The topological polar surface area (TPSA) is 80.3 Å². The maximum atomic E-state index is 10.2. The summed E-state index contributed by atoms with van der Waals surface area (Å²) in [6.07, 6.45) is 39.7. The molecule has 0 saturated carbocycles. The molecule has 0 rings (SSSR count). The van der Waals surface area contributed by atoms with Crippen LogP contribution in [0.15, 0.2) is 0 Å². The molecule has 0 aromatic rings. The van der Waals surface area contributed by atoms with Crippen molar-refractivity contribution in [1.29, 1.82) is 0 Å². The summed E-state index contributed by atoms with van der Waals surface area (Å²) in [5.74, 6) is -1.81. The number of carboxylic acid groups (broad SMARTS) is 2. The molecule has 242 valence electrons. The predicted molar refractivity (Wildman–Crippen MR) is 182 cm³/mol. The molecule has 0 aliphatic rings. The van der Waals surface area contributed by atoms with Gasteiger partial charge in [0.05, 0.1) is 0 Å². The van der Waals surface area contributed by atoms with Crippen molar-refractivity contribution < 1.29 is 19.8 Å². The van der Waals surface area contributed by atoms with Crippen molar-refractivity contribution in [2.45, 2.75) is 219 Å². The van der Waals surface area contributed by atoms with Crippen LogP contribution in [-0.4, -0.2) is 112 Å². The molecular weight excluding hydrogens is 673 g/mol. The van der Waals surface area contributed by atoms with Gasteiger partial charge in [0, 0.05) is 11.9 Å². The number of unbranched alkanes of at least 4 members (excludes halogenated alkanes) is 28. The van der Waals surface area contributed by atoms with Crippen LogP contribution in [-0.2, 0) is 9.59 Å². The van der Waals surface area contributed by atoms with Crippen LogP contribution in [0.5, 0.6) is 0 Å². The SMILES string of the molecule is CCCCCCCCCCCCCCCCCC(=O)[O-].CCCCCCCCCCCCCCCCCC(=O)[O-].[Ba+2].[KH]. The zero-order valence-electron chi connectivity index (χ0n) is 28.0. The van der Waals surface area contributed by atoms with Crippen molar-refractivity contribution in [3.8, 4) is 0 Å². The molecule has 42 heavy (non-hydrogen) atoms. The van der Waals surface area contributed by atoms with E-state index in [9.17, 15) is 19.8 Å². The van der Waals surface area contributed by atoms with E-state index < -0.39 is 11.9 Å². The molecule has 6 heteroatoms. The number of carboxylic acids is 2. The molecule has 0 bridgehead atoms. The molecule has 0 spiro atoms. The summed E-state index contributed by atoms with van der Waals surface area (Å²) in [5.41, 5.74) is 0. The summed E-state index contributed by atoms with van der Waals surface area (Å²) in [5, 5.41) is 20.4. The van der Waals surface area contributed by atoms with Gasteiger partial charge >= 0.3 is 100 Å². The van der Waals surface area contributed by atoms with Gasteiger partial charge < -0.3 is 19.8 Å². The maximum absolute atomic E-state index is 10.2. The second-order valence-corrected chi connectivity index (χ2v) is 12.1. The quantitative estimate of drug-likeness (QED) is 0.0509. The van der Waals surface area contributed by atoms with E-state index in [-0.39, 0.29) is 113 Å². The summed E-state index contributed by atoms with van der Waals surface area (Å²) in [6, 6.07) is 0. The van der Waals surface area contributed by atoms with Crippen molar-refractivity contribution in [3.05, 3.63) is 0 Å². The van der Waals surface area contributed by atoms with Crippen LogP contribution in [0, 0.1) is 0 Å². The van der Waals surface area contributed by atoms with Gasteiger partial charge in [0.15, 0.2) is 0 Å². The third-order valence-corrected chi connectivity index (χ3v) is 7.97. The first kappa shape index (κ1) is 51.0. The number of hydrogen-bond donors (Lipinski definition) is 0. The van der Waals surface area contributed by atoms with Crippen molar-refractivity contribution in [2.75, 3.05) is 0 Å². The summed E-state index contributed by atoms with van der Waals surface area (Å²) in [7, 11) is 0. The van der Waals surface area contributed by atoms with Gasteiger partial charge in [-0.25, -0.2) is 0 Å². The Morgan fingerprint density at radius 1 is 0.333 bits per heavy atom. The first-order valence-electron chi connectivity index (χ1n) is 17.9. The van der Waals surface area contributed by atoms with Gasteiger partial charge in [0.25, 0.3) is 0 Å². The molecule has 0 atom stereocenters. The van der Waals surface area contributed by atoms with Crippen LogP contribution < -0.4 is 10.2 Å². The third kappa shape index (κ3) is 54.6. The molecule has 0 amide bonds. The Labute approximate surface area is 346 Å². The first-order valence-corrected chi connectivity index (χ1v) is 17.9. The van der Waals surface area contributed by atoms with Gasteiger partial charge in [-0.05, 0) is 25.7 Å². The van der Waals surface area contributed by atoms with Gasteiger partial charge in [0.1, 0.15) is 0 Å². The number of carbonyl (C=O) groups is 2. The van der Waals surface area contributed by atoms with Gasteiger partial charge in [-0.1, -0.05) is 194 Å². The average molecular weight is 744 g/mol. The monoisotopic (exact) mass is 744 g/mol. The summed E-state index contributed by atoms with van der Waals surface area (Å²) < 4.78 is 0. The Kier molecular flexibility index (Phi) is 57.7. The summed E-state index contributed by atoms with van der Waals surface area (Å²) >= 11 is 0. The van der Waals surface area contributed by atoms with Gasteiger partial charge in [-0.3, -0.25) is 0 Å². The third-order valence-electron chi connectivity index (χ3n) is 7.97. The van der Waals surface area contributed by atoms with Crippen molar-refractivity contribution in [2.24, 2.45) is 0 Å². The van der Waals surface area contributed by atoms with Crippen molar-refractivity contribution in [3.63, 3.8) is 0 Å². The fourth-order valence-corrected chi connectivity index (χ4v) is 5.28. The molecule has 0 aliphatic heterocycles. The second-order valence-electron chi connectivity index (χ2n) is 12.1. The standard InChI is InChI=1S/2C18H36O2.Ba.K.H/c2*1-2-3-4-5-6-7-8-9-10-11-12-13-14-15-16-17-18(19)20;;;/h2*2-17H2,1H3,(H,19,20);;;/q;;+2;;/p-2. The van der Waals surface area contributed by atoms with Gasteiger partial charge in [-0.15, -0.1) is 0 Å². The van der Waals surface area contributed by atoms with E-state index in [4.69, 9.17) is 0 Å². The molecular formula is C36H71BaKO4. The second kappa shape index (κ2) is 47.6. The Balaban J connectivity index is -0.000000328. The molecule has 0 unspecified atom stereocenters. The van der Waals surface area contributed by atoms with E-state index in [0.717, 1.165) is 25.7 Å². The van der Waals surface area contributed by atoms with E-state index in [1.165, 1.54) is 167 Å². The van der Waals surface area contributed by atoms with Crippen molar-refractivity contribution >= 4 is 112 Å². The van der Waals surface area contributed by atoms with E-state index in [2.05, 4.69) is 13.8 Å². The molecule has 0 N–H and O–H groups in total. The zero-order chi connectivity index (χ0) is 29.8. The molecule has 0 heterocycles. The van der Waals surface area contributed by atoms with Crippen molar-refractivity contribution in [1.82, 2.24) is 0 Å². The number of rotatable bonds is 32. The Morgan fingerprint density at radius 3 is 0.619 bits per heavy atom. The zero-order valence-corrected chi connectivity index (χ0v) is 32.4. The van der Waals surface area contributed by atoms with Crippen LogP contribution >= 0.6 is 0 Å². The predicted octanol–water partition coefficient (Wildman–Crippen LogP) is 8.97. The number of aliphatic carboxylic acids is 2. The van der Waals surface area contributed by atoms with Crippen LogP contribution in [0.25, 0.3) is 0 Å². The van der Waals surface area contributed by atoms with E-state index in [0.29, 0.717) is 0 Å². The van der Waals surface area contributed by atoms with Crippen LogP contribution in [0.4, 0.5) is 0 Å². The Bertz CT molecular complexity index is 461. The first-order chi connectivity index (χ1) is 19.5. The molecule has 0 aliphatic carbocycles. The van der Waals surface area contributed by atoms with E-state index >= 15 is 0 Å². The molecule has 0 radical (unpaired) electrons. The number of hydrogen-bond acceptors (Lipinski definition) is 4. The van der Waals surface area contributed by atoms with Gasteiger partial charge in [-0.2, -0.15) is 0 Å². The molecule has 0 aromatic heterocycles. The summed E-state index contributed by atoms with van der Waals surface area (Å²) in [6.45, 7) is 4.53. The number of carbonyl (C=O) groups excluding carboxylic acids is 2. The van der Waals surface area contributed by atoms with E-state index in [1.807, 2.05) is 0 Å². The van der Waals surface area contributed by atoms with E-state index in [1.54, 1.807) is 0 Å². The molecule has 0 fully saturated rings. The van der Waals surface area contributed by atoms with Crippen LogP contribution in [0.3, 0.4) is 0 Å². The minimum atomic E-state index is -0.903. The molecule has 0 saturated heterocycles. The minimum absolute atomic E-state index is 0. The van der Waals surface area contributed by atoms with Crippen LogP contribution in [0.2, 0.25) is 0 Å². The Hall–Kier alpha value is 2.15. The van der Waals surface area contributed by atoms with Gasteiger partial charge in [0.2, 0.25) is 0 Å². The fourth-order valence-electron chi connectivity index (χ4n) is 5.28. The molecule has 4 nitrogen and oxygen atoms in total. The average Bonchev–Trinajstić information content (AvgIpc) is 2.93. The fraction of sp³-hybridized carbons (Fsp3) is 0.944. The summed E-state index contributed by atoms with van der Waals surface area (Å²) in [4.78, 5) is 20.4. The molecule has 0 aromatic carbocycles. The Morgan fingerprint density at radius 2 is 0.476 bits per heavy atom.